The summed E-state index contributed by atoms with van der Waals surface area (Å²) in [5.41, 5.74) is 2.43. The van der Waals surface area contributed by atoms with Crippen molar-refractivity contribution in [2.45, 2.75) is 24.5 Å². The molecule has 21 heavy (non-hydrogen) atoms. The molecule has 0 unspecified atom stereocenters. The van der Waals surface area contributed by atoms with Crippen LogP contribution >= 0.6 is 0 Å². The topological polar surface area (TPSA) is 58.2 Å². The van der Waals surface area contributed by atoms with Gasteiger partial charge in [-0.1, -0.05) is 24.3 Å². The number of rotatable bonds is 4. The second-order valence-electron chi connectivity index (χ2n) is 4.95. The first-order valence-corrected chi connectivity index (χ1v) is 8.10. The van der Waals surface area contributed by atoms with Crippen LogP contribution in [0.4, 0.5) is 4.39 Å². The van der Waals surface area contributed by atoms with Crippen molar-refractivity contribution in [1.29, 1.82) is 0 Å². The number of fused-ring (bicyclic) bond motifs is 1. The monoisotopic (exact) mass is 306 g/mol. The van der Waals surface area contributed by atoms with E-state index in [-0.39, 0.29) is 11.4 Å². The number of benzene rings is 2. The molecule has 0 bridgehead atoms. The first kappa shape index (κ1) is 14.2. The van der Waals surface area contributed by atoms with Gasteiger partial charge in [-0.2, -0.15) is 0 Å². The maximum Gasteiger partial charge on any atom is 0.240 e. The molecule has 2 aromatic rings. The van der Waals surface area contributed by atoms with E-state index in [0.717, 1.165) is 17.7 Å². The van der Waals surface area contributed by atoms with Crippen LogP contribution in [0.15, 0.2) is 47.4 Å². The Balaban J connectivity index is 1.80. The highest BCUT2D eigenvalue weighted by Crippen LogP contribution is 2.20. The summed E-state index contributed by atoms with van der Waals surface area (Å²) in [4.78, 5) is 0.210. The molecule has 0 spiro atoms. The van der Waals surface area contributed by atoms with E-state index in [1.165, 1.54) is 6.07 Å². The van der Waals surface area contributed by atoms with E-state index in [1.54, 1.807) is 30.3 Å². The van der Waals surface area contributed by atoms with Gasteiger partial charge in [-0.05, 0) is 29.3 Å². The third kappa shape index (κ3) is 2.97. The van der Waals surface area contributed by atoms with E-state index in [4.69, 9.17) is 0 Å². The van der Waals surface area contributed by atoms with Gasteiger partial charge in [0.1, 0.15) is 5.82 Å². The second kappa shape index (κ2) is 5.55. The summed E-state index contributed by atoms with van der Waals surface area (Å²) in [6.07, 6.45) is 0. The Hall–Kier alpha value is -1.76. The molecule has 2 aromatic carbocycles. The first-order chi connectivity index (χ1) is 10.1. The Morgan fingerprint density at radius 1 is 1.10 bits per heavy atom. The molecule has 0 saturated carbocycles. The van der Waals surface area contributed by atoms with E-state index in [1.807, 2.05) is 6.07 Å². The van der Waals surface area contributed by atoms with Crippen LogP contribution in [0.1, 0.15) is 16.7 Å². The fourth-order valence-electron chi connectivity index (χ4n) is 2.34. The zero-order chi connectivity index (χ0) is 14.9. The Bertz CT molecular complexity index is 775. The van der Waals surface area contributed by atoms with Crippen molar-refractivity contribution in [3.63, 3.8) is 0 Å². The Kier molecular flexibility index (Phi) is 3.75. The van der Waals surface area contributed by atoms with E-state index in [0.29, 0.717) is 12.1 Å². The zero-order valence-electron chi connectivity index (χ0n) is 11.3. The highest BCUT2D eigenvalue weighted by Gasteiger charge is 2.18. The predicted octanol–water partition coefficient (Wildman–Crippen LogP) is 1.91. The summed E-state index contributed by atoms with van der Waals surface area (Å²) in [5, 5.41) is 3.17. The molecule has 0 radical (unpaired) electrons. The molecule has 3 rings (SSSR count). The summed E-state index contributed by atoms with van der Waals surface area (Å²) < 4.78 is 40.5. The first-order valence-electron chi connectivity index (χ1n) is 6.62. The van der Waals surface area contributed by atoms with Gasteiger partial charge in [0.2, 0.25) is 10.0 Å². The van der Waals surface area contributed by atoms with E-state index in [9.17, 15) is 12.8 Å². The Morgan fingerprint density at radius 3 is 2.67 bits per heavy atom. The lowest BCUT2D eigenvalue weighted by Crippen LogP contribution is -2.23. The Morgan fingerprint density at radius 2 is 1.86 bits per heavy atom. The maximum atomic E-state index is 13.5. The van der Waals surface area contributed by atoms with Gasteiger partial charge >= 0.3 is 0 Å². The quantitative estimate of drug-likeness (QED) is 0.907. The standard InChI is InChI=1S/C15H15FN2O2S/c16-15-4-2-1-3-12(15)10-18-21(19,20)14-6-5-11-8-17-9-13(11)7-14/h1-7,17-18H,8-10H2. The maximum absolute atomic E-state index is 13.5. The molecule has 4 nitrogen and oxygen atoms in total. The fourth-order valence-corrected chi connectivity index (χ4v) is 3.39. The lowest BCUT2D eigenvalue weighted by atomic mass is 10.1. The third-order valence-corrected chi connectivity index (χ3v) is 4.93. The van der Waals surface area contributed by atoms with Crippen LogP contribution in [-0.4, -0.2) is 8.42 Å². The molecule has 0 saturated heterocycles. The minimum absolute atomic E-state index is 0.0651. The van der Waals surface area contributed by atoms with Crippen LogP contribution in [0.3, 0.4) is 0 Å². The van der Waals surface area contributed by atoms with Gasteiger partial charge in [0.15, 0.2) is 0 Å². The second-order valence-corrected chi connectivity index (χ2v) is 6.72. The summed E-state index contributed by atoms with van der Waals surface area (Å²) in [7, 11) is -3.64. The van der Waals surface area contributed by atoms with Gasteiger partial charge in [-0.15, -0.1) is 0 Å². The van der Waals surface area contributed by atoms with Crippen LogP contribution in [0.25, 0.3) is 0 Å². The van der Waals surface area contributed by atoms with Gasteiger partial charge in [-0.25, -0.2) is 17.5 Å². The summed E-state index contributed by atoms with van der Waals surface area (Å²) in [6, 6.07) is 11.2. The lowest BCUT2D eigenvalue weighted by molar-refractivity contribution is 0.574. The molecule has 0 fully saturated rings. The third-order valence-electron chi connectivity index (χ3n) is 3.53. The van der Waals surface area contributed by atoms with E-state index < -0.39 is 15.8 Å². The highest BCUT2D eigenvalue weighted by molar-refractivity contribution is 7.89. The molecule has 1 heterocycles. The van der Waals surface area contributed by atoms with Crippen molar-refractivity contribution in [2.75, 3.05) is 0 Å². The average Bonchev–Trinajstić information content (AvgIpc) is 2.94. The predicted molar refractivity (Wildman–Crippen MR) is 77.4 cm³/mol. The molecule has 0 aliphatic carbocycles. The molecular weight excluding hydrogens is 291 g/mol. The van der Waals surface area contributed by atoms with Gasteiger partial charge < -0.3 is 5.32 Å². The average molecular weight is 306 g/mol. The molecule has 6 heteroatoms. The number of hydrogen-bond donors (Lipinski definition) is 2. The van der Waals surface area contributed by atoms with Crippen molar-refractivity contribution in [3.05, 3.63) is 65.0 Å². The van der Waals surface area contributed by atoms with Gasteiger partial charge in [0.05, 0.1) is 4.90 Å². The van der Waals surface area contributed by atoms with Crippen LogP contribution < -0.4 is 10.0 Å². The molecule has 2 N–H and O–H groups in total. The Labute approximate surface area is 123 Å². The lowest BCUT2D eigenvalue weighted by Gasteiger charge is -2.09. The van der Waals surface area contributed by atoms with Crippen molar-refractivity contribution in [1.82, 2.24) is 10.0 Å². The largest absolute Gasteiger partial charge is 0.309 e. The SMILES string of the molecule is O=S(=O)(NCc1ccccc1F)c1ccc2c(c1)CNC2. The molecule has 0 atom stereocenters. The molecule has 1 aliphatic heterocycles. The van der Waals surface area contributed by atoms with Crippen LogP contribution in [0.5, 0.6) is 0 Å². The number of hydrogen-bond acceptors (Lipinski definition) is 3. The number of nitrogens with one attached hydrogen (secondary N) is 2. The summed E-state index contributed by atoms with van der Waals surface area (Å²) in [6.45, 7) is 1.37. The smallest absolute Gasteiger partial charge is 0.240 e. The minimum Gasteiger partial charge on any atom is -0.309 e. The fraction of sp³-hybridized carbons (Fsp3) is 0.200. The summed E-state index contributed by atoms with van der Waals surface area (Å²) in [5.74, 6) is -0.418. The summed E-state index contributed by atoms with van der Waals surface area (Å²) >= 11 is 0. The van der Waals surface area contributed by atoms with Crippen molar-refractivity contribution >= 4 is 10.0 Å². The van der Waals surface area contributed by atoms with Crippen LogP contribution in [0.2, 0.25) is 0 Å². The molecule has 0 amide bonds. The molecule has 0 aromatic heterocycles. The number of sulfonamides is 1. The van der Waals surface area contributed by atoms with Gasteiger partial charge in [0, 0.05) is 25.2 Å². The van der Waals surface area contributed by atoms with Crippen LogP contribution in [0, 0.1) is 5.82 Å². The van der Waals surface area contributed by atoms with Crippen molar-refractivity contribution in [3.8, 4) is 0 Å². The van der Waals surface area contributed by atoms with E-state index >= 15 is 0 Å². The van der Waals surface area contributed by atoms with E-state index in [2.05, 4.69) is 10.0 Å². The van der Waals surface area contributed by atoms with Crippen LogP contribution in [-0.2, 0) is 29.7 Å². The number of halogens is 1. The highest BCUT2D eigenvalue weighted by atomic mass is 32.2. The van der Waals surface area contributed by atoms with Gasteiger partial charge in [0.25, 0.3) is 0 Å². The van der Waals surface area contributed by atoms with Crippen molar-refractivity contribution in [2.24, 2.45) is 0 Å². The van der Waals surface area contributed by atoms with Gasteiger partial charge in [-0.3, -0.25) is 0 Å². The molecule has 110 valence electrons. The van der Waals surface area contributed by atoms with Crippen molar-refractivity contribution < 1.29 is 12.8 Å². The molecule has 1 aliphatic rings. The minimum atomic E-state index is -3.64. The zero-order valence-corrected chi connectivity index (χ0v) is 12.1. The molecular formula is C15H15FN2O2S. The normalized spacial score (nSPS) is 14.1.